The first kappa shape index (κ1) is 75.7. The number of Topliss-reactive ketones (excluding diaryl/α,β-unsaturated/α-hetero) is 1. The Morgan fingerprint density at radius 1 is 0.618 bits per heavy atom. The number of amides is 4. The lowest BCUT2D eigenvalue weighted by atomic mass is 9.97. The summed E-state index contributed by atoms with van der Waals surface area (Å²) in [5.41, 5.74) is 4.18. The maximum atomic E-state index is 12.1. The minimum atomic E-state index is -0.778. The molecule has 2 unspecified atom stereocenters. The number of hydrogen-bond acceptors (Lipinski definition) is 11. The molecule has 430 valence electrons. The molecule has 4 amide bonds. The zero-order valence-electron chi connectivity index (χ0n) is 48.3. The lowest BCUT2D eigenvalue weighted by Gasteiger charge is -2.13. The highest BCUT2D eigenvalue weighted by atomic mass is 32.2. The minimum Gasteiger partial charge on any atom is -0.481 e. The third kappa shape index (κ3) is 45.7. The first-order valence-electron chi connectivity index (χ1n) is 28.4. The molecule has 76 heavy (non-hydrogen) atoms. The van der Waals surface area contributed by atoms with Crippen LogP contribution in [0.15, 0.2) is 29.5 Å². The Balaban J connectivity index is -0.000000913. The van der Waals surface area contributed by atoms with E-state index in [1.165, 1.54) is 101 Å². The maximum absolute atomic E-state index is 12.1. The van der Waals surface area contributed by atoms with Gasteiger partial charge in [-0.15, -0.1) is 71.3 Å². The topological polar surface area (TPSA) is 176 Å². The number of carboxylic acid groups (broad SMARTS) is 1. The van der Waals surface area contributed by atoms with E-state index in [2.05, 4.69) is 97.1 Å². The lowest BCUT2D eigenvalue weighted by Crippen LogP contribution is -2.34. The molecule has 0 radical (unpaired) electrons. The van der Waals surface area contributed by atoms with Gasteiger partial charge in [0, 0.05) is 38.5 Å². The van der Waals surface area contributed by atoms with Crippen LogP contribution in [0.4, 0.5) is 0 Å². The summed E-state index contributed by atoms with van der Waals surface area (Å²) in [5.74, 6) is 7.85. The Kier molecular flexibility index (Phi) is 53.7. The van der Waals surface area contributed by atoms with Crippen molar-refractivity contribution in [2.75, 3.05) is 11.5 Å². The minimum absolute atomic E-state index is 0.107. The molecule has 0 aromatic rings. The van der Waals surface area contributed by atoms with E-state index in [1.54, 1.807) is 0 Å². The number of hydrogen-bond donors (Lipinski definition) is 2. The summed E-state index contributed by atoms with van der Waals surface area (Å²) in [6.07, 6.45) is 48.5. The Morgan fingerprint density at radius 3 is 1.59 bits per heavy atom. The molecule has 0 aromatic heterocycles. The fourth-order valence-corrected chi connectivity index (χ4v) is 9.42. The number of unbranched alkanes of at least 4 members (excludes halogenated alkanes) is 13. The average Bonchev–Trinajstić information content (AvgIpc) is 3.79. The van der Waals surface area contributed by atoms with Gasteiger partial charge in [0.15, 0.2) is 5.78 Å². The van der Waals surface area contributed by atoms with Crippen LogP contribution in [0.5, 0.6) is 0 Å². The van der Waals surface area contributed by atoms with Crippen molar-refractivity contribution in [3.8, 4) is 37.0 Å². The summed E-state index contributed by atoms with van der Waals surface area (Å²) in [7, 11) is 0. The smallest absolute Gasteiger partial charge is 0.333 e. The van der Waals surface area contributed by atoms with E-state index in [4.69, 9.17) is 34.4 Å². The van der Waals surface area contributed by atoms with E-state index < -0.39 is 40.8 Å². The fraction of sp³-hybridized carbons (Fsp3) is 0.710. The number of thioether (sulfide) groups is 2. The number of terminal acetylenes is 3. The predicted molar refractivity (Wildman–Crippen MR) is 315 cm³/mol. The van der Waals surface area contributed by atoms with Gasteiger partial charge in [-0.25, -0.2) is 4.79 Å². The quantitative estimate of drug-likeness (QED) is 0.0152. The Labute approximate surface area is 469 Å². The van der Waals surface area contributed by atoms with Gasteiger partial charge in [-0.05, 0) is 112 Å². The summed E-state index contributed by atoms with van der Waals surface area (Å²) in [6, 6.07) is 0. The molecule has 2 rings (SSSR count). The maximum Gasteiger partial charge on any atom is 0.333 e. The van der Waals surface area contributed by atoms with Crippen molar-refractivity contribution >= 4 is 64.9 Å². The SMILES string of the molecule is C#CCCCC(=O)/C(=C\CC)CCCCC(C)C.C#CCCCC(=O)O.C#CCCCC(=O)ON1C(=O)CC(SCCCCCCC)C1=O.CCC=C=CCCCC(C)C.CCCCCCCSC1CC(=O)N(O)C1=O. The van der Waals surface area contributed by atoms with E-state index in [9.17, 15) is 33.6 Å². The zero-order chi connectivity index (χ0) is 57.8. The number of imide groups is 2. The predicted octanol–water partition coefficient (Wildman–Crippen LogP) is 15.0. The van der Waals surface area contributed by atoms with E-state index in [0.717, 1.165) is 80.3 Å². The number of nitrogens with zero attached hydrogens (tertiary/aromatic N) is 2. The van der Waals surface area contributed by atoms with Gasteiger partial charge in [-0.1, -0.05) is 132 Å². The van der Waals surface area contributed by atoms with Crippen molar-refractivity contribution in [1.29, 1.82) is 0 Å². The number of aliphatic carboxylic acids is 1. The molecular weight excluding hydrogens is 997 g/mol. The summed E-state index contributed by atoms with van der Waals surface area (Å²) < 4.78 is 0. The van der Waals surface area contributed by atoms with Gasteiger partial charge < -0.3 is 9.94 Å². The molecule has 0 aliphatic carbocycles. The van der Waals surface area contributed by atoms with E-state index in [0.29, 0.717) is 49.4 Å². The molecule has 2 saturated heterocycles. The fourth-order valence-electron chi connectivity index (χ4n) is 7.11. The van der Waals surface area contributed by atoms with Crippen molar-refractivity contribution < 1.29 is 48.7 Å². The monoisotopic (exact) mass is 1100 g/mol. The molecular formula is C62H100N2O10S2. The van der Waals surface area contributed by atoms with Crippen molar-refractivity contribution in [2.45, 2.75) is 259 Å². The molecule has 0 saturated carbocycles. The van der Waals surface area contributed by atoms with Gasteiger partial charge in [0.25, 0.3) is 23.6 Å². The van der Waals surface area contributed by atoms with E-state index in [1.807, 2.05) is 0 Å². The molecule has 0 bridgehead atoms. The second-order valence-electron chi connectivity index (χ2n) is 19.6. The van der Waals surface area contributed by atoms with Gasteiger partial charge in [0.2, 0.25) is 0 Å². The van der Waals surface area contributed by atoms with E-state index in [-0.39, 0.29) is 36.0 Å². The number of carbonyl (C=O) groups is 7. The highest BCUT2D eigenvalue weighted by molar-refractivity contribution is 8.00. The zero-order valence-corrected chi connectivity index (χ0v) is 49.9. The molecule has 2 fully saturated rings. The van der Waals surface area contributed by atoms with Crippen LogP contribution in [0.3, 0.4) is 0 Å². The number of carboxylic acids is 1. The summed E-state index contributed by atoms with van der Waals surface area (Å²) in [6.45, 7) is 17.6. The van der Waals surface area contributed by atoms with Crippen molar-refractivity contribution in [2.24, 2.45) is 11.8 Å². The Hall–Kier alpha value is -4.51. The van der Waals surface area contributed by atoms with Crippen LogP contribution in [0.2, 0.25) is 0 Å². The Morgan fingerprint density at radius 2 is 1.12 bits per heavy atom. The number of rotatable bonds is 36. The molecule has 0 aromatic carbocycles. The molecule has 2 aliphatic rings. The molecule has 14 heteroatoms. The van der Waals surface area contributed by atoms with Crippen LogP contribution in [-0.2, 0) is 38.4 Å². The average molecular weight is 1100 g/mol. The molecule has 12 nitrogen and oxygen atoms in total. The first-order chi connectivity index (χ1) is 36.4. The third-order valence-corrected chi connectivity index (χ3v) is 14.1. The van der Waals surface area contributed by atoms with Crippen molar-refractivity contribution in [3.63, 3.8) is 0 Å². The van der Waals surface area contributed by atoms with Gasteiger partial charge in [0.1, 0.15) is 0 Å². The molecule has 2 aliphatic heterocycles. The second kappa shape index (κ2) is 53.9. The highest BCUT2D eigenvalue weighted by Crippen LogP contribution is 2.27. The summed E-state index contributed by atoms with van der Waals surface area (Å²) in [4.78, 5) is 84.5. The molecule has 0 spiro atoms. The first-order valence-corrected chi connectivity index (χ1v) is 30.5. The Bertz CT molecular complexity index is 1830. The van der Waals surface area contributed by atoms with Crippen LogP contribution in [0.25, 0.3) is 0 Å². The molecule has 2 N–H and O–H groups in total. The van der Waals surface area contributed by atoms with Gasteiger partial charge in [0.05, 0.1) is 23.3 Å². The van der Waals surface area contributed by atoms with Gasteiger partial charge in [-0.3, -0.25) is 34.0 Å². The molecule has 2 heterocycles. The highest BCUT2D eigenvalue weighted by Gasteiger charge is 2.42. The molecule has 2 atom stereocenters. The summed E-state index contributed by atoms with van der Waals surface area (Å²) >= 11 is 2.96. The standard InChI is InChI=1S/C17H25NO4S.C17H28O.C11H19NO3S.C11H20.C6H8O2/c1-3-5-7-8-10-12-23-14-13-15(19)18(17(14)21)22-16(20)11-9-6-4-2;1-5-7-8-14-17(18)16(11-6-2)13-10-9-12-15(3)4;1-2-3-4-5-6-7-16-9-8-10(13)12(15)11(9)14;1-4-5-6-7-8-9-10-11(2)3;1-2-3-4-5-6(7)8/h2,14H,3,5-13H2,1H3;1,11,15H,6-10,12-14H2,2-4H3;9,15H,2-8H2,1H3;5,7,11H,4,8-10H2,1-3H3;1H,3-5H2,(H,7,8)/b;16-11-;;;. The van der Waals surface area contributed by atoms with Crippen molar-refractivity contribution in [1.82, 2.24) is 10.1 Å². The third-order valence-electron chi connectivity index (χ3n) is 11.5. The number of ketones is 1. The van der Waals surface area contributed by atoms with Crippen LogP contribution >= 0.6 is 23.5 Å². The van der Waals surface area contributed by atoms with Crippen LogP contribution < -0.4 is 0 Å². The number of hydroxylamine groups is 4. The van der Waals surface area contributed by atoms with Crippen molar-refractivity contribution in [3.05, 3.63) is 29.5 Å². The largest absolute Gasteiger partial charge is 0.481 e. The summed E-state index contributed by atoms with van der Waals surface area (Å²) in [5, 5.41) is 17.2. The normalized spacial score (nSPS) is 14.6. The van der Waals surface area contributed by atoms with Crippen LogP contribution in [-0.4, -0.2) is 83.8 Å². The second-order valence-corrected chi connectivity index (χ2v) is 22.2. The van der Waals surface area contributed by atoms with E-state index >= 15 is 0 Å². The number of allylic oxidation sites excluding steroid dienone is 3. The lowest BCUT2D eigenvalue weighted by molar-refractivity contribution is -0.197. The van der Waals surface area contributed by atoms with Crippen LogP contribution in [0, 0.1) is 48.9 Å². The number of carbonyl (C=O) groups excluding carboxylic acids is 6. The van der Waals surface area contributed by atoms with Gasteiger partial charge >= 0.3 is 11.9 Å². The van der Waals surface area contributed by atoms with Gasteiger partial charge in [-0.2, -0.15) is 5.06 Å². The van der Waals surface area contributed by atoms with Crippen LogP contribution in [0.1, 0.15) is 248 Å².